The molecule has 0 fully saturated rings. The molecular weight excluding hydrogens is 280 g/mol. The van der Waals surface area contributed by atoms with Gasteiger partial charge in [0.05, 0.1) is 31.0 Å². The van der Waals surface area contributed by atoms with Crippen LogP contribution in [0.15, 0.2) is 48.7 Å². The van der Waals surface area contributed by atoms with Crippen LogP contribution in [-0.2, 0) is 4.74 Å². The van der Waals surface area contributed by atoms with Crippen molar-refractivity contribution in [2.45, 2.75) is 0 Å². The van der Waals surface area contributed by atoms with Gasteiger partial charge in [-0.05, 0) is 30.3 Å². The van der Waals surface area contributed by atoms with Gasteiger partial charge in [0.2, 0.25) is 0 Å². The lowest BCUT2D eigenvalue weighted by molar-refractivity contribution is 0.0603. The van der Waals surface area contributed by atoms with Gasteiger partial charge in [0.15, 0.2) is 0 Å². The van der Waals surface area contributed by atoms with Gasteiger partial charge in [-0.2, -0.15) is 0 Å². The molecule has 3 rings (SSSR count). The van der Waals surface area contributed by atoms with Crippen LogP contribution in [0.3, 0.4) is 0 Å². The maximum Gasteiger partial charge on any atom is 0.338 e. The summed E-state index contributed by atoms with van der Waals surface area (Å²) in [6.07, 6.45) is 1.90. The van der Waals surface area contributed by atoms with Gasteiger partial charge in [-0.3, -0.25) is 0 Å². The maximum absolute atomic E-state index is 11.9. The van der Waals surface area contributed by atoms with E-state index in [4.69, 9.17) is 15.2 Å². The molecule has 0 amide bonds. The van der Waals surface area contributed by atoms with E-state index in [1.54, 1.807) is 19.2 Å². The molecule has 0 saturated carbocycles. The fourth-order valence-electron chi connectivity index (χ4n) is 2.53. The number of fused-ring (bicyclic) bond motifs is 1. The van der Waals surface area contributed by atoms with Crippen LogP contribution in [0.1, 0.15) is 10.4 Å². The standard InChI is InChI=1S/C17H16N2O3/c1-21-16-10-11(6-7-14(16)18)19-9-8-12-13(17(20)22-2)4-3-5-15(12)19/h3-10H,18H2,1-2H3. The van der Waals surface area contributed by atoms with Crippen LogP contribution in [0.2, 0.25) is 0 Å². The smallest absolute Gasteiger partial charge is 0.338 e. The van der Waals surface area contributed by atoms with Crippen molar-refractivity contribution in [1.82, 2.24) is 4.57 Å². The third-order valence-corrected chi connectivity index (χ3v) is 3.63. The largest absolute Gasteiger partial charge is 0.495 e. The predicted molar refractivity (Wildman–Crippen MR) is 85.6 cm³/mol. The summed E-state index contributed by atoms with van der Waals surface area (Å²) in [7, 11) is 2.96. The summed E-state index contributed by atoms with van der Waals surface area (Å²) in [6.45, 7) is 0. The number of nitrogen functional groups attached to an aromatic ring is 1. The molecule has 1 heterocycles. The number of hydrogen-bond acceptors (Lipinski definition) is 4. The third-order valence-electron chi connectivity index (χ3n) is 3.63. The van der Waals surface area contributed by atoms with Crippen LogP contribution < -0.4 is 10.5 Å². The molecule has 0 unspecified atom stereocenters. The predicted octanol–water partition coefficient (Wildman–Crippen LogP) is 3.01. The summed E-state index contributed by atoms with van der Waals surface area (Å²) in [6, 6.07) is 13.0. The Morgan fingerprint density at radius 2 is 1.95 bits per heavy atom. The van der Waals surface area contributed by atoms with Gasteiger partial charge in [0.25, 0.3) is 0 Å². The third kappa shape index (κ3) is 2.16. The van der Waals surface area contributed by atoms with Crippen LogP contribution in [0.5, 0.6) is 5.75 Å². The molecule has 1 aromatic heterocycles. The maximum atomic E-state index is 11.9. The summed E-state index contributed by atoms with van der Waals surface area (Å²) in [4.78, 5) is 11.9. The highest BCUT2D eigenvalue weighted by molar-refractivity contribution is 6.04. The van der Waals surface area contributed by atoms with Gasteiger partial charge < -0.3 is 19.8 Å². The van der Waals surface area contributed by atoms with Gasteiger partial charge in [-0.15, -0.1) is 0 Å². The van der Waals surface area contributed by atoms with Crippen molar-refractivity contribution in [3.63, 3.8) is 0 Å². The molecular formula is C17H16N2O3. The number of rotatable bonds is 3. The molecule has 0 aliphatic rings. The minimum Gasteiger partial charge on any atom is -0.495 e. The molecule has 0 bridgehead atoms. The van der Waals surface area contributed by atoms with E-state index in [1.807, 2.05) is 41.1 Å². The molecule has 22 heavy (non-hydrogen) atoms. The van der Waals surface area contributed by atoms with E-state index in [9.17, 15) is 4.79 Å². The molecule has 112 valence electrons. The van der Waals surface area contributed by atoms with Crippen LogP contribution in [0.25, 0.3) is 16.6 Å². The number of methoxy groups -OCH3 is 2. The molecule has 0 radical (unpaired) electrons. The van der Waals surface area contributed by atoms with Gasteiger partial charge in [0, 0.05) is 23.3 Å². The highest BCUT2D eigenvalue weighted by Gasteiger charge is 2.13. The number of anilines is 1. The molecule has 0 saturated heterocycles. The Morgan fingerprint density at radius 1 is 1.14 bits per heavy atom. The van der Waals surface area contributed by atoms with Crippen molar-refractivity contribution in [3.8, 4) is 11.4 Å². The second kappa shape index (κ2) is 5.44. The summed E-state index contributed by atoms with van der Waals surface area (Å²) >= 11 is 0. The zero-order chi connectivity index (χ0) is 15.7. The lowest BCUT2D eigenvalue weighted by Gasteiger charge is -2.10. The highest BCUT2D eigenvalue weighted by atomic mass is 16.5. The van der Waals surface area contributed by atoms with E-state index in [0.29, 0.717) is 17.0 Å². The molecule has 0 aliphatic carbocycles. The van der Waals surface area contributed by atoms with Crippen molar-refractivity contribution >= 4 is 22.6 Å². The van der Waals surface area contributed by atoms with E-state index < -0.39 is 0 Å². The molecule has 2 N–H and O–H groups in total. The second-order valence-electron chi connectivity index (χ2n) is 4.84. The first-order valence-electron chi connectivity index (χ1n) is 6.78. The second-order valence-corrected chi connectivity index (χ2v) is 4.84. The summed E-state index contributed by atoms with van der Waals surface area (Å²) < 4.78 is 12.1. The fraction of sp³-hybridized carbons (Fsp3) is 0.118. The van der Waals surface area contributed by atoms with E-state index in [1.165, 1.54) is 7.11 Å². The number of nitrogens with two attached hydrogens (primary N) is 1. The number of ether oxygens (including phenoxy) is 2. The number of benzene rings is 2. The molecule has 0 atom stereocenters. The van der Waals surface area contributed by atoms with Crippen molar-refractivity contribution in [2.24, 2.45) is 0 Å². The van der Waals surface area contributed by atoms with Crippen LogP contribution in [0, 0.1) is 0 Å². The lowest BCUT2D eigenvalue weighted by Crippen LogP contribution is -2.02. The van der Waals surface area contributed by atoms with E-state index in [0.717, 1.165) is 16.6 Å². The number of nitrogens with zero attached hydrogens (tertiary/aromatic N) is 1. The number of carbonyl (C=O) groups is 1. The van der Waals surface area contributed by atoms with Crippen LogP contribution >= 0.6 is 0 Å². The van der Waals surface area contributed by atoms with Crippen molar-refractivity contribution in [1.29, 1.82) is 0 Å². The number of carbonyl (C=O) groups excluding carboxylic acids is 1. The van der Waals surface area contributed by atoms with Gasteiger partial charge in [-0.25, -0.2) is 4.79 Å². The highest BCUT2D eigenvalue weighted by Crippen LogP contribution is 2.28. The molecule has 5 nitrogen and oxygen atoms in total. The van der Waals surface area contributed by atoms with Crippen molar-refractivity contribution < 1.29 is 14.3 Å². The average Bonchev–Trinajstić information content (AvgIpc) is 2.98. The fourth-order valence-corrected chi connectivity index (χ4v) is 2.53. The number of esters is 1. The monoisotopic (exact) mass is 296 g/mol. The van der Waals surface area contributed by atoms with Gasteiger partial charge in [-0.1, -0.05) is 6.07 Å². The Labute approximate surface area is 127 Å². The first-order chi connectivity index (χ1) is 10.7. The van der Waals surface area contributed by atoms with Gasteiger partial charge >= 0.3 is 5.97 Å². The minimum atomic E-state index is -0.349. The van der Waals surface area contributed by atoms with E-state index in [-0.39, 0.29) is 5.97 Å². The Kier molecular flexibility index (Phi) is 3.47. The number of aromatic nitrogens is 1. The molecule has 3 aromatic rings. The molecule has 2 aromatic carbocycles. The van der Waals surface area contributed by atoms with Crippen LogP contribution in [0.4, 0.5) is 5.69 Å². The van der Waals surface area contributed by atoms with Gasteiger partial charge in [0.1, 0.15) is 5.75 Å². The van der Waals surface area contributed by atoms with E-state index in [2.05, 4.69) is 0 Å². The minimum absolute atomic E-state index is 0.349. The Balaban J connectivity index is 2.19. The zero-order valence-corrected chi connectivity index (χ0v) is 12.4. The molecule has 0 aliphatic heterocycles. The Morgan fingerprint density at radius 3 is 2.68 bits per heavy atom. The quantitative estimate of drug-likeness (QED) is 0.596. The average molecular weight is 296 g/mol. The molecule has 0 spiro atoms. The summed E-state index contributed by atoms with van der Waals surface area (Å²) in [5.41, 5.74) is 8.79. The van der Waals surface area contributed by atoms with Crippen molar-refractivity contribution in [2.75, 3.05) is 20.0 Å². The van der Waals surface area contributed by atoms with Crippen molar-refractivity contribution in [3.05, 3.63) is 54.2 Å². The Bertz CT molecular complexity index is 852. The topological polar surface area (TPSA) is 66.5 Å². The number of hydrogen-bond donors (Lipinski definition) is 1. The summed E-state index contributed by atoms with van der Waals surface area (Å²) in [5.74, 6) is 0.265. The first kappa shape index (κ1) is 14.0. The normalized spacial score (nSPS) is 10.6. The SMILES string of the molecule is COC(=O)c1cccc2c1ccn2-c1ccc(N)c(OC)c1. The summed E-state index contributed by atoms with van der Waals surface area (Å²) in [5, 5.41) is 0.838. The first-order valence-corrected chi connectivity index (χ1v) is 6.78. The Hall–Kier alpha value is -2.95. The van der Waals surface area contributed by atoms with Crippen LogP contribution in [-0.4, -0.2) is 24.8 Å². The lowest BCUT2D eigenvalue weighted by atomic mass is 10.1. The van der Waals surface area contributed by atoms with E-state index >= 15 is 0 Å². The molecule has 5 heteroatoms. The zero-order valence-electron chi connectivity index (χ0n) is 12.4.